The van der Waals surface area contributed by atoms with E-state index in [1.165, 1.54) is 12.1 Å². The van der Waals surface area contributed by atoms with E-state index in [0.717, 1.165) is 25.0 Å². The van der Waals surface area contributed by atoms with Crippen LogP contribution in [0.1, 0.15) is 36.0 Å². The molecule has 0 radical (unpaired) electrons. The minimum atomic E-state index is -4.90. The van der Waals surface area contributed by atoms with Crippen molar-refractivity contribution < 1.29 is 32.3 Å². The Morgan fingerprint density at radius 1 is 1.09 bits per heavy atom. The van der Waals surface area contributed by atoms with Gasteiger partial charge in [0, 0.05) is 17.9 Å². The number of aliphatic hydroxyl groups is 1. The van der Waals surface area contributed by atoms with Crippen LogP contribution < -0.4 is 0 Å². The van der Waals surface area contributed by atoms with E-state index in [1.807, 2.05) is 0 Å². The summed E-state index contributed by atoms with van der Waals surface area (Å²) >= 11 is 11.4. The van der Waals surface area contributed by atoms with E-state index < -0.39 is 45.2 Å². The summed E-state index contributed by atoms with van der Waals surface area (Å²) in [5.41, 5.74) is -3.60. The van der Waals surface area contributed by atoms with Crippen LogP contribution >= 0.6 is 23.2 Å². The van der Waals surface area contributed by atoms with E-state index in [4.69, 9.17) is 28.0 Å². The minimum absolute atomic E-state index is 0.0200. The normalized spacial score (nSPS) is 23.9. The van der Waals surface area contributed by atoms with Crippen molar-refractivity contribution in [2.45, 2.75) is 36.6 Å². The number of carbonyl (C=O) groups excluding carboxylic acids is 1. The van der Waals surface area contributed by atoms with Crippen LogP contribution in [0.4, 0.5) is 17.6 Å². The lowest BCUT2D eigenvalue weighted by atomic mass is 9.83. The number of alkyl halides is 3. The molecule has 2 heterocycles. The molecule has 180 valence electrons. The standard InChI is InChI=1S/C23H18Cl2F4N2O3/c24-16-7-15(8-17(25)19(16)26)22(23(27,28)29)9-18(30-34-22)12-3-5-14(6-4-12)21(33)10-31(11-21)20(32)13-1-2-13/h3-8,13,33H,1-2,9-11H2. The summed E-state index contributed by atoms with van der Waals surface area (Å²) in [4.78, 5) is 18.7. The molecular formula is C23H18Cl2F4N2O3. The lowest BCUT2D eigenvalue weighted by Crippen LogP contribution is -2.61. The molecular weight excluding hydrogens is 499 g/mol. The first-order valence-corrected chi connectivity index (χ1v) is 11.3. The number of likely N-dealkylation sites (tertiary alicyclic amines) is 1. The SMILES string of the molecule is O=C(C1CC1)N1CC(O)(c2ccc(C3=NOC(c4cc(Cl)c(F)c(Cl)c4)(C(F)(F)F)C3)cc2)C1. The summed E-state index contributed by atoms with van der Waals surface area (Å²) in [5.74, 6) is -0.916. The van der Waals surface area contributed by atoms with Crippen molar-refractivity contribution in [2.75, 3.05) is 13.1 Å². The van der Waals surface area contributed by atoms with Gasteiger partial charge in [-0.3, -0.25) is 4.79 Å². The van der Waals surface area contributed by atoms with Crippen molar-refractivity contribution in [1.29, 1.82) is 0 Å². The summed E-state index contributed by atoms with van der Waals surface area (Å²) in [6, 6.07) is 7.93. The molecule has 1 N–H and O–H groups in total. The van der Waals surface area contributed by atoms with Crippen molar-refractivity contribution in [3.05, 3.63) is 69.0 Å². The fourth-order valence-electron chi connectivity index (χ4n) is 4.33. The minimum Gasteiger partial charge on any atom is -0.381 e. The maximum absolute atomic E-state index is 14.1. The molecule has 5 rings (SSSR count). The van der Waals surface area contributed by atoms with Gasteiger partial charge in [0.05, 0.1) is 28.8 Å². The van der Waals surface area contributed by atoms with E-state index in [0.29, 0.717) is 11.1 Å². The second kappa shape index (κ2) is 7.83. The maximum Gasteiger partial charge on any atom is 0.435 e. The number of amides is 1. The number of rotatable bonds is 4. The fourth-order valence-corrected chi connectivity index (χ4v) is 4.82. The molecule has 2 aliphatic heterocycles. The van der Waals surface area contributed by atoms with E-state index in [9.17, 15) is 27.5 Å². The first-order chi connectivity index (χ1) is 15.9. The predicted octanol–water partition coefficient (Wildman–Crippen LogP) is 5.15. The summed E-state index contributed by atoms with van der Waals surface area (Å²) in [7, 11) is 0. The number of halogens is 6. The third kappa shape index (κ3) is 3.74. The average molecular weight is 517 g/mol. The molecule has 1 atom stereocenters. The largest absolute Gasteiger partial charge is 0.435 e. The average Bonchev–Trinajstić information content (AvgIpc) is 3.51. The molecule has 1 aliphatic carbocycles. The highest BCUT2D eigenvalue weighted by Crippen LogP contribution is 2.50. The number of hydrogen-bond acceptors (Lipinski definition) is 4. The molecule has 11 heteroatoms. The molecule has 1 saturated carbocycles. The van der Waals surface area contributed by atoms with Gasteiger partial charge in [-0.25, -0.2) is 4.39 Å². The summed E-state index contributed by atoms with van der Waals surface area (Å²) in [6.07, 6.45) is -3.83. The Kier molecular flexibility index (Phi) is 5.38. The van der Waals surface area contributed by atoms with Crippen LogP contribution in [0.15, 0.2) is 41.6 Å². The molecule has 0 aromatic heterocycles. The second-order valence-corrected chi connectivity index (χ2v) is 9.78. The summed E-state index contributed by atoms with van der Waals surface area (Å²) in [5, 5.41) is 13.4. The lowest BCUT2D eigenvalue weighted by molar-refractivity contribution is -0.275. The van der Waals surface area contributed by atoms with Crippen LogP contribution in [0.25, 0.3) is 0 Å². The molecule has 2 aromatic carbocycles. The van der Waals surface area contributed by atoms with Gasteiger partial charge in [0.2, 0.25) is 5.91 Å². The zero-order chi connectivity index (χ0) is 24.5. The highest BCUT2D eigenvalue weighted by Gasteiger charge is 2.62. The monoisotopic (exact) mass is 516 g/mol. The Bertz CT molecular complexity index is 1170. The van der Waals surface area contributed by atoms with Crippen molar-refractivity contribution in [1.82, 2.24) is 4.90 Å². The van der Waals surface area contributed by atoms with Crippen molar-refractivity contribution in [3.8, 4) is 0 Å². The van der Waals surface area contributed by atoms with Gasteiger partial charge in [0.25, 0.3) is 5.60 Å². The van der Waals surface area contributed by atoms with E-state index in [2.05, 4.69) is 5.16 Å². The molecule has 1 unspecified atom stereocenters. The van der Waals surface area contributed by atoms with Gasteiger partial charge < -0.3 is 14.8 Å². The molecule has 2 fully saturated rings. The number of nitrogens with zero attached hydrogens (tertiary/aromatic N) is 2. The Morgan fingerprint density at radius 3 is 2.21 bits per heavy atom. The van der Waals surface area contributed by atoms with Gasteiger partial charge >= 0.3 is 6.18 Å². The number of oxime groups is 1. The molecule has 3 aliphatic rings. The fraction of sp³-hybridized carbons (Fsp3) is 0.391. The number of β-amino-alcohol motifs (C(OH)–C–C–N with tert-alkyl or cyclic N) is 1. The highest BCUT2D eigenvalue weighted by molar-refractivity contribution is 6.35. The molecule has 2 aromatic rings. The van der Waals surface area contributed by atoms with Crippen molar-refractivity contribution in [2.24, 2.45) is 11.1 Å². The molecule has 0 spiro atoms. The van der Waals surface area contributed by atoms with Gasteiger partial charge in [-0.15, -0.1) is 0 Å². The van der Waals surface area contributed by atoms with Crippen LogP contribution in [-0.4, -0.2) is 40.9 Å². The van der Waals surface area contributed by atoms with Crippen LogP contribution in [0.2, 0.25) is 10.0 Å². The van der Waals surface area contributed by atoms with E-state index in [-0.39, 0.29) is 30.6 Å². The van der Waals surface area contributed by atoms with Gasteiger partial charge in [-0.05, 0) is 36.1 Å². The molecule has 34 heavy (non-hydrogen) atoms. The Morgan fingerprint density at radius 2 is 1.68 bits per heavy atom. The predicted molar refractivity (Wildman–Crippen MR) is 116 cm³/mol. The summed E-state index contributed by atoms with van der Waals surface area (Å²) < 4.78 is 56.2. The molecule has 1 amide bonds. The van der Waals surface area contributed by atoms with Crippen LogP contribution in [-0.2, 0) is 20.8 Å². The number of hydrogen-bond donors (Lipinski definition) is 1. The smallest absolute Gasteiger partial charge is 0.381 e. The second-order valence-electron chi connectivity index (χ2n) is 8.96. The van der Waals surface area contributed by atoms with Crippen LogP contribution in [0, 0.1) is 11.7 Å². The van der Waals surface area contributed by atoms with E-state index >= 15 is 0 Å². The maximum atomic E-state index is 14.1. The van der Waals surface area contributed by atoms with Gasteiger partial charge in [-0.1, -0.05) is 52.6 Å². The lowest BCUT2D eigenvalue weighted by Gasteiger charge is -2.47. The third-order valence-electron chi connectivity index (χ3n) is 6.53. The van der Waals surface area contributed by atoms with Crippen molar-refractivity contribution in [3.63, 3.8) is 0 Å². The zero-order valence-corrected chi connectivity index (χ0v) is 19.0. The van der Waals surface area contributed by atoms with Gasteiger partial charge in [-0.2, -0.15) is 13.2 Å². The first-order valence-electron chi connectivity index (χ1n) is 10.5. The zero-order valence-electron chi connectivity index (χ0n) is 17.5. The molecule has 1 saturated heterocycles. The molecule has 5 nitrogen and oxygen atoms in total. The topological polar surface area (TPSA) is 62.1 Å². The van der Waals surface area contributed by atoms with Gasteiger partial charge in [0.15, 0.2) is 5.82 Å². The Hall–Kier alpha value is -2.36. The van der Waals surface area contributed by atoms with Crippen molar-refractivity contribution >= 4 is 34.8 Å². The van der Waals surface area contributed by atoms with Crippen LogP contribution in [0.5, 0.6) is 0 Å². The Balaban J connectivity index is 1.36. The molecule has 0 bridgehead atoms. The highest BCUT2D eigenvalue weighted by atomic mass is 35.5. The van der Waals surface area contributed by atoms with E-state index in [1.54, 1.807) is 17.0 Å². The van der Waals surface area contributed by atoms with Crippen LogP contribution in [0.3, 0.4) is 0 Å². The third-order valence-corrected chi connectivity index (χ3v) is 7.08. The summed E-state index contributed by atoms with van der Waals surface area (Å²) in [6.45, 7) is 0.351. The Labute approximate surface area is 201 Å². The number of benzene rings is 2. The first kappa shape index (κ1) is 23.4. The number of carbonyl (C=O) groups is 1. The van der Waals surface area contributed by atoms with Gasteiger partial charge in [0.1, 0.15) is 5.60 Å². The quantitative estimate of drug-likeness (QED) is 0.451.